The molecule has 3 heterocycles. The van der Waals surface area contributed by atoms with E-state index >= 15 is 0 Å². The largest absolute Gasteiger partial charge is 0.486 e. The first kappa shape index (κ1) is 35.5. The molecule has 0 unspecified atom stereocenters. The summed E-state index contributed by atoms with van der Waals surface area (Å²) in [6.45, 7) is 13.3. The lowest BCUT2D eigenvalue weighted by molar-refractivity contribution is -0.145. The van der Waals surface area contributed by atoms with Crippen LogP contribution in [0.5, 0.6) is 5.75 Å². The molecule has 0 bridgehead atoms. The Bertz CT molecular complexity index is 1560. The van der Waals surface area contributed by atoms with Gasteiger partial charge >= 0.3 is 6.09 Å². The monoisotopic (exact) mass is 687 g/mol. The summed E-state index contributed by atoms with van der Waals surface area (Å²) in [7, 11) is 0. The molecule has 1 aromatic carbocycles. The zero-order valence-corrected chi connectivity index (χ0v) is 29.4. The molecular formula is C34H46FN5O7S. The Hall–Kier alpha value is -3.78. The van der Waals surface area contributed by atoms with Crippen LogP contribution in [0.25, 0.3) is 10.4 Å². The first-order valence-electron chi connectivity index (χ1n) is 16.3. The molecule has 4 amide bonds. The van der Waals surface area contributed by atoms with E-state index in [0.717, 1.165) is 16.1 Å². The molecule has 3 fully saturated rings. The molecule has 12 nitrogen and oxygen atoms in total. The summed E-state index contributed by atoms with van der Waals surface area (Å²) >= 11 is 1.50. The number of nitrogens with one attached hydrogen (secondary N) is 2. The molecule has 2 saturated heterocycles. The van der Waals surface area contributed by atoms with Gasteiger partial charge in [0.2, 0.25) is 11.8 Å². The molecule has 1 aliphatic carbocycles. The highest BCUT2D eigenvalue weighted by Gasteiger charge is 2.53. The van der Waals surface area contributed by atoms with Gasteiger partial charge in [0, 0.05) is 25.1 Å². The van der Waals surface area contributed by atoms with Gasteiger partial charge in [0.1, 0.15) is 29.5 Å². The number of amides is 4. The van der Waals surface area contributed by atoms with Gasteiger partial charge in [-0.25, -0.2) is 14.2 Å². The lowest BCUT2D eigenvalue weighted by atomic mass is 9.85. The number of aliphatic hydroxyl groups is 1. The summed E-state index contributed by atoms with van der Waals surface area (Å²) in [4.78, 5) is 60.6. The van der Waals surface area contributed by atoms with Crippen molar-refractivity contribution in [2.45, 2.75) is 110 Å². The number of ether oxygens (including phenoxy) is 2. The Kier molecular flexibility index (Phi) is 9.81. The third-order valence-corrected chi connectivity index (χ3v) is 9.65. The van der Waals surface area contributed by atoms with E-state index in [0.29, 0.717) is 24.4 Å². The number of carbonyl (C=O) groups excluding carboxylic acids is 4. The smallest absolute Gasteiger partial charge is 0.410 e. The first-order valence-corrected chi connectivity index (χ1v) is 17.2. The predicted molar refractivity (Wildman–Crippen MR) is 177 cm³/mol. The van der Waals surface area contributed by atoms with Gasteiger partial charge in [-0.2, -0.15) is 0 Å². The number of hydrogen-bond donors (Lipinski definition) is 3. The highest BCUT2D eigenvalue weighted by molar-refractivity contribution is 7.13. The van der Waals surface area contributed by atoms with E-state index in [-0.39, 0.29) is 38.5 Å². The molecule has 1 saturated carbocycles. The number of likely N-dealkylation sites (tertiary alicyclic amines) is 2. The fraction of sp³-hybridized carbons (Fsp3) is 0.618. The Balaban J connectivity index is 1.29. The van der Waals surface area contributed by atoms with Gasteiger partial charge in [-0.1, -0.05) is 32.9 Å². The third kappa shape index (κ3) is 8.08. The molecule has 2 aliphatic heterocycles. The van der Waals surface area contributed by atoms with E-state index in [9.17, 15) is 28.7 Å². The van der Waals surface area contributed by atoms with Crippen LogP contribution in [-0.2, 0) is 25.7 Å². The summed E-state index contributed by atoms with van der Waals surface area (Å²) in [6.07, 6.45) is -1.40. The number of hydrogen-bond acceptors (Lipinski definition) is 9. The minimum absolute atomic E-state index is 0.0188. The number of halogens is 1. The van der Waals surface area contributed by atoms with Crippen molar-refractivity contribution < 1.29 is 38.1 Å². The zero-order valence-electron chi connectivity index (χ0n) is 28.6. The van der Waals surface area contributed by atoms with E-state index in [1.807, 2.05) is 45.9 Å². The van der Waals surface area contributed by atoms with Crippen LogP contribution >= 0.6 is 11.3 Å². The van der Waals surface area contributed by atoms with E-state index < -0.39 is 58.7 Å². The Morgan fingerprint density at radius 1 is 1.12 bits per heavy atom. The van der Waals surface area contributed by atoms with Crippen LogP contribution in [0, 0.1) is 12.3 Å². The lowest BCUT2D eigenvalue weighted by Crippen LogP contribution is -2.59. The van der Waals surface area contributed by atoms with Crippen molar-refractivity contribution in [2.24, 2.45) is 5.41 Å². The average molecular weight is 688 g/mol. The van der Waals surface area contributed by atoms with Crippen molar-refractivity contribution in [1.82, 2.24) is 25.4 Å². The highest BCUT2D eigenvalue weighted by atomic mass is 32.1. The normalized spacial score (nSPS) is 21.3. The molecule has 2 aromatic rings. The Morgan fingerprint density at radius 3 is 2.40 bits per heavy atom. The van der Waals surface area contributed by atoms with Crippen molar-refractivity contribution in [1.29, 1.82) is 0 Å². The van der Waals surface area contributed by atoms with E-state index in [1.165, 1.54) is 16.2 Å². The number of thiazole rings is 1. The number of β-amino-alcohol motifs (C(OH)–C–C–N with tert-alkyl or cyclic N) is 1. The number of nitrogens with zero attached hydrogens (tertiary/aromatic N) is 3. The minimum Gasteiger partial charge on any atom is -0.486 e. The van der Waals surface area contributed by atoms with Crippen LogP contribution in [0.4, 0.5) is 9.18 Å². The molecule has 14 heteroatoms. The van der Waals surface area contributed by atoms with Gasteiger partial charge in [-0.3, -0.25) is 14.4 Å². The van der Waals surface area contributed by atoms with Crippen molar-refractivity contribution in [3.8, 4) is 16.2 Å². The summed E-state index contributed by atoms with van der Waals surface area (Å²) in [5.41, 5.74) is 0.865. The standard InChI is InChI=1S/C34H46FN5O7S/c1-19-26(48-18-37-19)20-8-9-21(25(12-20)46-23-16-39(17-23)31(45)47-33(5,6)7)14-36-28(42)24-13-22(41)15-40(24)29(43)27(32(2,3)4)38-30(44)34(35)10-11-34/h8-9,12,18,22-24,27,41H,10-11,13-17H2,1-7H3,(H,36,42)(H,38,44)/t22-,24+,27-/m1/s1. The molecule has 0 spiro atoms. The SMILES string of the molecule is Cc1ncsc1-c1ccc(CNC(=O)[C@@H]2C[C@@H](O)CN2C(=O)[C@@H](NC(=O)C2(F)CC2)C(C)(C)C)c(OC2CN(C(=O)OC(C)(C)C)C2)c1. The van der Waals surface area contributed by atoms with Gasteiger partial charge in [-0.15, -0.1) is 11.3 Å². The van der Waals surface area contributed by atoms with Gasteiger partial charge in [0.25, 0.3) is 5.91 Å². The second-order valence-corrected chi connectivity index (χ2v) is 15.9. The van der Waals surface area contributed by atoms with Crippen molar-refractivity contribution in [3.63, 3.8) is 0 Å². The summed E-state index contributed by atoms with van der Waals surface area (Å²) in [5.74, 6) is -1.33. The van der Waals surface area contributed by atoms with Crippen LogP contribution in [-0.4, -0.2) is 98.9 Å². The number of aryl methyl sites for hydroxylation is 1. The second kappa shape index (κ2) is 13.3. The Labute approximate surface area is 284 Å². The molecule has 262 valence electrons. The molecule has 0 radical (unpaired) electrons. The number of carbonyl (C=O) groups is 4. The maximum Gasteiger partial charge on any atom is 0.410 e. The third-order valence-electron chi connectivity index (χ3n) is 8.67. The van der Waals surface area contributed by atoms with Gasteiger partial charge < -0.3 is 35.0 Å². The first-order chi connectivity index (χ1) is 22.3. The van der Waals surface area contributed by atoms with E-state index in [2.05, 4.69) is 15.6 Å². The highest BCUT2D eigenvalue weighted by Crippen LogP contribution is 2.40. The number of alkyl halides is 1. The second-order valence-electron chi connectivity index (χ2n) is 15.1. The van der Waals surface area contributed by atoms with Crippen molar-refractivity contribution in [3.05, 3.63) is 35.0 Å². The van der Waals surface area contributed by atoms with E-state index in [1.54, 1.807) is 31.2 Å². The minimum atomic E-state index is -1.97. The fourth-order valence-corrected chi connectivity index (χ4v) is 6.52. The molecule has 1 aromatic heterocycles. The summed E-state index contributed by atoms with van der Waals surface area (Å²) in [6, 6.07) is 3.58. The summed E-state index contributed by atoms with van der Waals surface area (Å²) in [5, 5.41) is 16.0. The maximum absolute atomic E-state index is 14.5. The van der Waals surface area contributed by atoms with Gasteiger partial charge in [0.15, 0.2) is 5.67 Å². The predicted octanol–water partition coefficient (Wildman–Crippen LogP) is 3.73. The summed E-state index contributed by atoms with van der Waals surface area (Å²) < 4.78 is 26.3. The number of rotatable bonds is 9. The van der Waals surface area contributed by atoms with E-state index in [4.69, 9.17) is 9.47 Å². The topological polar surface area (TPSA) is 150 Å². The quantitative estimate of drug-likeness (QED) is 0.361. The number of aliphatic hydroxyl groups excluding tert-OH is 1. The van der Waals surface area contributed by atoms with Gasteiger partial charge in [0.05, 0.1) is 35.3 Å². The molecule has 3 N–H and O–H groups in total. The Morgan fingerprint density at radius 2 is 1.81 bits per heavy atom. The van der Waals surface area contributed by atoms with Crippen LogP contribution < -0.4 is 15.4 Å². The van der Waals surface area contributed by atoms with Crippen LogP contribution in [0.15, 0.2) is 23.7 Å². The fourth-order valence-electron chi connectivity index (χ4n) is 5.72. The maximum atomic E-state index is 14.5. The lowest BCUT2D eigenvalue weighted by Gasteiger charge is -2.39. The number of benzene rings is 1. The molecule has 3 atom stereocenters. The van der Waals surface area contributed by atoms with Gasteiger partial charge in [-0.05, 0) is 57.6 Å². The van der Waals surface area contributed by atoms with Crippen LogP contribution in [0.1, 0.15) is 72.1 Å². The average Bonchev–Trinajstić information content (AvgIpc) is 3.37. The molecule has 48 heavy (non-hydrogen) atoms. The van der Waals surface area contributed by atoms with Crippen LogP contribution in [0.2, 0.25) is 0 Å². The zero-order chi connectivity index (χ0) is 35.2. The molecule has 5 rings (SSSR count). The molecular weight excluding hydrogens is 641 g/mol. The number of aromatic nitrogens is 1. The van der Waals surface area contributed by atoms with Crippen molar-refractivity contribution >= 4 is 35.2 Å². The molecule has 3 aliphatic rings. The van der Waals surface area contributed by atoms with Crippen molar-refractivity contribution in [2.75, 3.05) is 19.6 Å². The van der Waals surface area contributed by atoms with Crippen LogP contribution in [0.3, 0.4) is 0 Å².